The van der Waals surface area contributed by atoms with Crippen molar-refractivity contribution in [3.8, 4) is 0 Å². The number of hydrogen-bond acceptors (Lipinski definition) is 3. The summed E-state index contributed by atoms with van der Waals surface area (Å²) >= 11 is 0. The van der Waals surface area contributed by atoms with Gasteiger partial charge >= 0.3 is 5.97 Å². The van der Waals surface area contributed by atoms with Crippen LogP contribution in [0.5, 0.6) is 0 Å². The van der Waals surface area contributed by atoms with Crippen molar-refractivity contribution in [2.75, 3.05) is 0 Å². The average molecular weight is 319 g/mol. The molecule has 0 rings (SSSR count). The van der Waals surface area contributed by atoms with E-state index in [1.807, 2.05) is 0 Å². The zero-order chi connectivity index (χ0) is 17.8. The Morgan fingerprint density at radius 1 is 0.864 bits per heavy atom. The van der Waals surface area contributed by atoms with Crippen molar-refractivity contribution in [1.82, 2.24) is 0 Å². The highest BCUT2D eigenvalue weighted by Crippen LogP contribution is 2.10. The van der Waals surface area contributed by atoms with Crippen LogP contribution in [-0.4, -0.2) is 28.1 Å². The molecular weight excluding hydrogens is 286 g/mol. The van der Waals surface area contributed by atoms with E-state index >= 15 is 0 Å². The molecule has 0 aromatic rings. The van der Waals surface area contributed by atoms with Crippen LogP contribution in [0.25, 0.3) is 0 Å². The van der Waals surface area contributed by atoms with Gasteiger partial charge in [0.1, 0.15) is 0 Å². The molecule has 7 nitrogen and oxygen atoms in total. The molecule has 0 saturated heterocycles. The lowest BCUT2D eigenvalue weighted by atomic mass is 10.1. The van der Waals surface area contributed by atoms with Crippen LogP contribution in [0.3, 0.4) is 0 Å². The Hall–Kier alpha value is -1.79. The van der Waals surface area contributed by atoms with Crippen molar-refractivity contribution >= 4 is 17.9 Å². The van der Waals surface area contributed by atoms with Crippen LogP contribution in [0.15, 0.2) is 0 Å². The molecule has 0 spiro atoms. The second kappa shape index (κ2) is 21.5. The number of nitrogens with one attached hydrogen (secondary N) is 1. The third-order valence-corrected chi connectivity index (χ3v) is 2.49. The first-order valence-electron chi connectivity index (χ1n) is 7.74. The fraction of sp³-hybridized carbons (Fsp3) is 0.800. The Balaban J connectivity index is -0.000000372. The summed E-state index contributed by atoms with van der Waals surface area (Å²) in [6.45, 7) is 3.31. The first-order chi connectivity index (χ1) is 10.2. The van der Waals surface area contributed by atoms with Crippen LogP contribution in [0.4, 0.5) is 0 Å². The SMILES string of the molecule is CC(=O)O.CCCCCCCCCCCC(=O)O.N=C(N)N. The molecule has 132 valence electrons. The molecule has 0 radical (unpaired) electrons. The average Bonchev–Trinajstić information content (AvgIpc) is 2.35. The third-order valence-electron chi connectivity index (χ3n) is 2.49. The van der Waals surface area contributed by atoms with E-state index in [2.05, 4.69) is 18.4 Å². The van der Waals surface area contributed by atoms with Gasteiger partial charge in [0, 0.05) is 13.3 Å². The number of nitrogens with two attached hydrogens (primary N) is 2. The summed E-state index contributed by atoms with van der Waals surface area (Å²) in [6, 6.07) is 0. The molecule has 0 bridgehead atoms. The molecule has 7 N–H and O–H groups in total. The highest BCUT2D eigenvalue weighted by molar-refractivity contribution is 5.71. The zero-order valence-corrected chi connectivity index (χ0v) is 13.9. The molecule has 0 fully saturated rings. The Kier molecular flexibility index (Phi) is 24.6. The fourth-order valence-electron chi connectivity index (χ4n) is 1.59. The van der Waals surface area contributed by atoms with Gasteiger partial charge in [-0.3, -0.25) is 15.0 Å². The van der Waals surface area contributed by atoms with Crippen molar-refractivity contribution in [3.63, 3.8) is 0 Å². The maximum Gasteiger partial charge on any atom is 0.303 e. The topological polar surface area (TPSA) is 150 Å². The van der Waals surface area contributed by atoms with Crippen molar-refractivity contribution in [2.24, 2.45) is 11.5 Å². The molecule has 0 atom stereocenters. The number of unbranched alkanes of at least 4 members (excludes halogenated alkanes) is 8. The van der Waals surface area contributed by atoms with E-state index in [-0.39, 0.29) is 5.96 Å². The van der Waals surface area contributed by atoms with Gasteiger partial charge in [-0.05, 0) is 6.42 Å². The summed E-state index contributed by atoms with van der Waals surface area (Å²) in [5.74, 6) is -1.83. The maximum atomic E-state index is 10.2. The van der Waals surface area contributed by atoms with Gasteiger partial charge in [0.25, 0.3) is 5.97 Å². The van der Waals surface area contributed by atoms with Crippen molar-refractivity contribution in [3.05, 3.63) is 0 Å². The van der Waals surface area contributed by atoms with Gasteiger partial charge in [-0.2, -0.15) is 0 Å². The van der Waals surface area contributed by atoms with E-state index in [1.165, 1.54) is 44.9 Å². The molecular formula is C15H33N3O4. The lowest BCUT2D eigenvalue weighted by molar-refractivity contribution is -0.137. The van der Waals surface area contributed by atoms with E-state index in [9.17, 15) is 4.79 Å². The van der Waals surface area contributed by atoms with E-state index < -0.39 is 11.9 Å². The zero-order valence-electron chi connectivity index (χ0n) is 13.9. The number of guanidine groups is 1. The quantitative estimate of drug-likeness (QED) is 0.237. The maximum absolute atomic E-state index is 10.2. The third kappa shape index (κ3) is 63.6. The van der Waals surface area contributed by atoms with Gasteiger partial charge in [-0.25, -0.2) is 0 Å². The summed E-state index contributed by atoms with van der Waals surface area (Å²) in [5, 5.41) is 21.9. The Morgan fingerprint density at radius 3 is 1.41 bits per heavy atom. The predicted octanol–water partition coefficient (Wildman–Crippen LogP) is 2.92. The number of carbonyl (C=O) groups is 2. The monoisotopic (exact) mass is 319 g/mol. The van der Waals surface area contributed by atoms with Crippen molar-refractivity contribution < 1.29 is 19.8 Å². The second-order valence-electron chi connectivity index (χ2n) is 4.95. The molecule has 22 heavy (non-hydrogen) atoms. The molecule has 0 amide bonds. The summed E-state index contributed by atoms with van der Waals surface area (Å²) in [7, 11) is 0. The molecule has 0 saturated carbocycles. The van der Waals surface area contributed by atoms with Gasteiger partial charge < -0.3 is 21.7 Å². The molecule has 0 aromatic heterocycles. The predicted molar refractivity (Wildman–Crippen MR) is 88.9 cm³/mol. The molecule has 0 aliphatic carbocycles. The van der Waals surface area contributed by atoms with Crippen LogP contribution >= 0.6 is 0 Å². The first kappa shape index (κ1) is 25.2. The van der Waals surface area contributed by atoms with Gasteiger partial charge in [0.15, 0.2) is 5.96 Å². The number of hydrogen-bond donors (Lipinski definition) is 5. The van der Waals surface area contributed by atoms with Gasteiger partial charge in [0.05, 0.1) is 0 Å². The lowest BCUT2D eigenvalue weighted by Crippen LogP contribution is -2.20. The van der Waals surface area contributed by atoms with Gasteiger partial charge in [-0.15, -0.1) is 0 Å². The number of carboxylic acid groups (broad SMARTS) is 2. The molecule has 0 heterocycles. The summed E-state index contributed by atoms with van der Waals surface area (Å²) in [6.07, 6.45) is 11.5. The fourth-order valence-corrected chi connectivity index (χ4v) is 1.59. The van der Waals surface area contributed by atoms with E-state index in [4.69, 9.17) is 20.4 Å². The molecule has 0 aliphatic heterocycles. The van der Waals surface area contributed by atoms with Crippen molar-refractivity contribution in [2.45, 2.75) is 78.1 Å². The Labute approximate surface area is 133 Å². The van der Waals surface area contributed by atoms with Crippen LogP contribution in [0, 0.1) is 5.41 Å². The molecule has 0 unspecified atom stereocenters. The Bertz CT molecular complexity index is 264. The highest BCUT2D eigenvalue weighted by Gasteiger charge is 1.96. The summed E-state index contributed by atoms with van der Waals surface area (Å²) in [4.78, 5) is 19.2. The largest absolute Gasteiger partial charge is 0.481 e. The van der Waals surface area contributed by atoms with E-state index in [0.717, 1.165) is 19.8 Å². The molecule has 0 aliphatic rings. The minimum atomic E-state index is -0.833. The van der Waals surface area contributed by atoms with Gasteiger partial charge in [-0.1, -0.05) is 58.3 Å². The van der Waals surface area contributed by atoms with E-state index in [1.54, 1.807) is 0 Å². The summed E-state index contributed by atoms with van der Waals surface area (Å²) < 4.78 is 0. The van der Waals surface area contributed by atoms with Crippen LogP contribution in [0.2, 0.25) is 0 Å². The van der Waals surface area contributed by atoms with Crippen LogP contribution in [0.1, 0.15) is 78.1 Å². The van der Waals surface area contributed by atoms with E-state index in [0.29, 0.717) is 6.42 Å². The Morgan fingerprint density at radius 2 is 1.14 bits per heavy atom. The minimum absolute atomic E-state index is 0.333. The van der Waals surface area contributed by atoms with Crippen molar-refractivity contribution in [1.29, 1.82) is 5.41 Å². The van der Waals surface area contributed by atoms with Crippen LogP contribution in [-0.2, 0) is 9.59 Å². The minimum Gasteiger partial charge on any atom is -0.481 e. The standard InChI is InChI=1S/C12H24O2.C2H4O2.CH5N3/c1-2-3-4-5-6-7-8-9-10-11-12(13)14;1-2(3)4;2-1(3)4/h2-11H2,1H3,(H,13,14);1H3,(H,3,4);(H5,2,3,4). The first-order valence-corrected chi connectivity index (χ1v) is 7.74. The van der Waals surface area contributed by atoms with Gasteiger partial charge in [0.2, 0.25) is 0 Å². The normalized spacial score (nSPS) is 8.82. The molecule has 7 heteroatoms. The highest BCUT2D eigenvalue weighted by atomic mass is 16.4. The summed E-state index contributed by atoms with van der Waals surface area (Å²) in [5.41, 5.74) is 8.94. The number of rotatable bonds is 10. The number of aliphatic carboxylic acids is 2. The van der Waals surface area contributed by atoms with Crippen LogP contribution < -0.4 is 11.5 Å². The lowest BCUT2D eigenvalue weighted by Gasteiger charge is -2.00. The smallest absolute Gasteiger partial charge is 0.303 e. The molecule has 0 aromatic carbocycles. The second-order valence-corrected chi connectivity index (χ2v) is 4.95. The number of carboxylic acids is 2.